The Labute approximate surface area is 107 Å². The lowest BCUT2D eigenvalue weighted by Crippen LogP contribution is -1.95. The van der Waals surface area contributed by atoms with Crippen molar-refractivity contribution in [3.05, 3.63) is 54.6 Å². The van der Waals surface area contributed by atoms with Crippen LogP contribution < -0.4 is 0 Å². The molecule has 0 aliphatic rings. The van der Waals surface area contributed by atoms with E-state index in [1.54, 1.807) is 6.20 Å². The summed E-state index contributed by atoms with van der Waals surface area (Å²) < 4.78 is 15.0. The Bertz CT molecular complexity index is 837. The summed E-state index contributed by atoms with van der Waals surface area (Å²) in [4.78, 5) is 4.39. The second-order valence-electron chi connectivity index (χ2n) is 4.30. The molecule has 0 saturated heterocycles. The van der Waals surface area contributed by atoms with Gasteiger partial charge in [-0.1, -0.05) is 18.2 Å². The number of hydrogen-bond acceptors (Lipinski definition) is 2. The lowest BCUT2D eigenvalue weighted by molar-refractivity contribution is 0.579. The Hall–Kier alpha value is -2.69. The highest BCUT2D eigenvalue weighted by Crippen LogP contribution is 2.29. The first-order valence-corrected chi connectivity index (χ1v) is 5.90. The fourth-order valence-electron chi connectivity index (χ4n) is 2.43. The zero-order chi connectivity index (χ0) is 12.8. The number of fused-ring (bicyclic) bond motifs is 3. The first-order valence-electron chi connectivity index (χ1n) is 5.90. The summed E-state index contributed by atoms with van der Waals surface area (Å²) in [7, 11) is 0. The first-order chi connectivity index (χ1) is 9.34. The van der Waals surface area contributed by atoms with E-state index >= 15 is 0 Å². The number of rotatable bonds is 1. The third-order valence-corrected chi connectivity index (χ3v) is 3.20. The molecule has 4 aromatic rings. The maximum absolute atomic E-state index is 13.2. The van der Waals surface area contributed by atoms with Gasteiger partial charge in [-0.15, -0.1) is 0 Å². The van der Waals surface area contributed by atoms with Gasteiger partial charge in [-0.05, 0) is 18.2 Å². The molecule has 0 unspecified atom stereocenters. The molecule has 4 nitrogen and oxygen atoms in total. The Morgan fingerprint density at radius 2 is 1.89 bits per heavy atom. The van der Waals surface area contributed by atoms with Gasteiger partial charge in [0.05, 0.1) is 5.52 Å². The van der Waals surface area contributed by atoms with Crippen molar-refractivity contribution in [3.63, 3.8) is 0 Å². The van der Waals surface area contributed by atoms with Gasteiger partial charge in [0.15, 0.2) is 5.82 Å². The van der Waals surface area contributed by atoms with Crippen molar-refractivity contribution in [1.29, 1.82) is 0 Å². The second kappa shape index (κ2) is 3.65. The van der Waals surface area contributed by atoms with E-state index in [2.05, 4.69) is 15.2 Å². The normalized spacial score (nSPS) is 11.4. The van der Waals surface area contributed by atoms with Crippen molar-refractivity contribution in [3.8, 4) is 5.82 Å². The molecule has 4 rings (SSSR count). The van der Waals surface area contributed by atoms with E-state index in [1.807, 2.05) is 41.0 Å². The molecule has 0 fully saturated rings. The number of nitrogens with zero attached hydrogens (tertiary/aromatic N) is 3. The van der Waals surface area contributed by atoms with E-state index in [4.69, 9.17) is 0 Å². The Kier molecular flexibility index (Phi) is 1.97. The quantitative estimate of drug-likeness (QED) is 0.566. The summed E-state index contributed by atoms with van der Waals surface area (Å²) >= 11 is 0. The summed E-state index contributed by atoms with van der Waals surface area (Å²) in [6.45, 7) is 0. The smallest absolute Gasteiger partial charge is 0.211 e. The third-order valence-electron chi connectivity index (χ3n) is 3.20. The Morgan fingerprint density at radius 3 is 2.74 bits per heavy atom. The largest absolute Gasteiger partial charge is 0.276 e. The number of H-pyrrole nitrogens is 1. The van der Waals surface area contributed by atoms with Crippen LogP contribution in [0.4, 0.5) is 4.39 Å². The number of pyridine rings is 1. The zero-order valence-corrected chi connectivity index (χ0v) is 9.84. The van der Waals surface area contributed by atoms with Crippen molar-refractivity contribution in [2.24, 2.45) is 0 Å². The number of para-hydroxylation sites is 1. The molecule has 1 aromatic carbocycles. The molecule has 0 amide bonds. The monoisotopic (exact) mass is 252 g/mol. The fraction of sp³-hybridized carbons (Fsp3) is 0. The molecule has 0 spiro atoms. The summed E-state index contributed by atoms with van der Waals surface area (Å²) in [5, 5.41) is 8.41. The van der Waals surface area contributed by atoms with Crippen molar-refractivity contribution >= 4 is 21.9 Å². The molecule has 3 heterocycles. The molecule has 1 N–H and O–H groups in total. The van der Waals surface area contributed by atoms with E-state index < -0.39 is 5.95 Å². The van der Waals surface area contributed by atoms with Crippen molar-refractivity contribution in [2.45, 2.75) is 0 Å². The maximum atomic E-state index is 13.2. The number of halogens is 1. The standard InChI is InChI=1S/C14H9FN4/c15-12-8-13(18-17-12)19-11-6-2-1-4-9(11)10-5-3-7-16-14(10)19/h1-8H,(H,17,18). The summed E-state index contributed by atoms with van der Waals surface area (Å²) in [5.41, 5.74) is 1.73. The predicted octanol–water partition coefficient (Wildman–Crippen LogP) is 3.04. The number of aromatic amines is 1. The van der Waals surface area contributed by atoms with Crippen molar-refractivity contribution in [2.75, 3.05) is 0 Å². The molecule has 92 valence electrons. The molecular weight excluding hydrogens is 243 g/mol. The number of benzene rings is 1. The number of hydrogen-bond donors (Lipinski definition) is 1. The highest BCUT2D eigenvalue weighted by Gasteiger charge is 2.14. The van der Waals surface area contributed by atoms with Crippen LogP contribution in [0, 0.1) is 5.95 Å². The van der Waals surface area contributed by atoms with Gasteiger partial charge in [-0.3, -0.25) is 9.67 Å². The molecule has 0 aliphatic carbocycles. The van der Waals surface area contributed by atoms with E-state index in [-0.39, 0.29) is 0 Å². The zero-order valence-electron chi connectivity index (χ0n) is 9.84. The summed E-state index contributed by atoms with van der Waals surface area (Å²) in [6.07, 6.45) is 1.72. The molecule has 0 aliphatic heterocycles. The van der Waals surface area contributed by atoms with E-state index in [0.717, 1.165) is 21.9 Å². The van der Waals surface area contributed by atoms with Gasteiger partial charge >= 0.3 is 0 Å². The molecular formula is C14H9FN4. The van der Waals surface area contributed by atoms with Crippen LogP contribution in [-0.4, -0.2) is 19.7 Å². The highest BCUT2D eigenvalue weighted by atomic mass is 19.1. The molecule has 0 atom stereocenters. The minimum absolute atomic E-state index is 0.461. The topological polar surface area (TPSA) is 46.5 Å². The molecule has 3 aromatic heterocycles. The number of nitrogens with one attached hydrogen (secondary N) is 1. The van der Waals surface area contributed by atoms with Crippen LogP contribution in [-0.2, 0) is 0 Å². The van der Waals surface area contributed by atoms with Crippen molar-refractivity contribution < 1.29 is 4.39 Å². The fourth-order valence-corrected chi connectivity index (χ4v) is 2.43. The molecule has 0 radical (unpaired) electrons. The maximum Gasteiger partial charge on any atom is 0.211 e. The average molecular weight is 252 g/mol. The van der Waals surface area contributed by atoms with E-state index in [9.17, 15) is 4.39 Å². The van der Waals surface area contributed by atoms with Crippen LogP contribution in [0.1, 0.15) is 0 Å². The lowest BCUT2D eigenvalue weighted by atomic mass is 10.2. The van der Waals surface area contributed by atoms with E-state index in [1.165, 1.54) is 6.07 Å². The van der Waals surface area contributed by atoms with Crippen LogP contribution in [0.25, 0.3) is 27.8 Å². The molecule has 19 heavy (non-hydrogen) atoms. The Morgan fingerprint density at radius 1 is 1.05 bits per heavy atom. The predicted molar refractivity (Wildman–Crippen MR) is 70.7 cm³/mol. The Balaban J connectivity index is 2.23. The van der Waals surface area contributed by atoms with Gasteiger partial charge in [-0.25, -0.2) is 4.98 Å². The van der Waals surface area contributed by atoms with Gasteiger partial charge in [0.25, 0.3) is 0 Å². The average Bonchev–Trinajstić information content (AvgIpc) is 3.00. The van der Waals surface area contributed by atoms with Crippen LogP contribution in [0.2, 0.25) is 0 Å². The van der Waals surface area contributed by atoms with Crippen LogP contribution in [0.3, 0.4) is 0 Å². The third kappa shape index (κ3) is 1.38. The number of aromatic nitrogens is 4. The lowest BCUT2D eigenvalue weighted by Gasteiger charge is -2.00. The van der Waals surface area contributed by atoms with Gasteiger partial charge in [-0.2, -0.15) is 9.49 Å². The van der Waals surface area contributed by atoms with E-state index in [0.29, 0.717) is 5.82 Å². The van der Waals surface area contributed by atoms with Gasteiger partial charge in [0.2, 0.25) is 5.95 Å². The summed E-state index contributed by atoms with van der Waals surface area (Å²) in [6, 6.07) is 13.2. The minimum atomic E-state index is -0.461. The second-order valence-corrected chi connectivity index (χ2v) is 4.30. The SMILES string of the molecule is Fc1cc(-n2c3ccccc3c3cccnc32)n[nH]1. The molecule has 5 heteroatoms. The molecule has 0 saturated carbocycles. The van der Waals surface area contributed by atoms with Crippen molar-refractivity contribution in [1.82, 2.24) is 19.7 Å². The van der Waals surface area contributed by atoms with Crippen LogP contribution in [0.5, 0.6) is 0 Å². The highest BCUT2D eigenvalue weighted by molar-refractivity contribution is 6.07. The van der Waals surface area contributed by atoms with Crippen LogP contribution in [0.15, 0.2) is 48.7 Å². The first kappa shape index (κ1) is 10.3. The molecule has 0 bridgehead atoms. The van der Waals surface area contributed by atoms with Gasteiger partial charge in [0, 0.05) is 23.0 Å². The van der Waals surface area contributed by atoms with Crippen LogP contribution >= 0.6 is 0 Å². The van der Waals surface area contributed by atoms with Gasteiger partial charge in [0.1, 0.15) is 5.65 Å². The minimum Gasteiger partial charge on any atom is -0.276 e. The van der Waals surface area contributed by atoms with Gasteiger partial charge < -0.3 is 0 Å². The summed E-state index contributed by atoms with van der Waals surface area (Å²) in [5.74, 6) is 0.0410.